The number of carbonyl (C=O) groups excluding carboxylic acids is 2. The fourth-order valence-electron chi connectivity index (χ4n) is 2.23. The van der Waals surface area contributed by atoms with Gasteiger partial charge < -0.3 is 10.2 Å². The number of rotatable bonds is 4. The van der Waals surface area contributed by atoms with E-state index in [1.54, 1.807) is 11.1 Å². The van der Waals surface area contributed by atoms with Crippen molar-refractivity contribution < 1.29 is 9.59 Å². The van der Waals surface area contributed by atoms with Crippen LogP contribution in [0, 0.1) is 5.92 Å². The van der Waals surface area contributed by atoms with Gasteiger partial charge in [0, 0.05) is 24.0 Å². The molecule has 2 heterocycles. The molecule has 19 heavy (non-hydrogen) atoms. The molecule has 1 aromatic heterocycles. The Morgan fingerprint density at radius 1 is 1.63 bits per heavy atom. The van der Waals surface area contributed by atoms with Crippen LogP contribution < -0.4 is 5.32 Å². The zero-order valence-corrected chi connectivity index (χ0v) is 12.1. The molecule has 2 amide bonds. The first kappa shape index (κ1) is 14.0. The van der Waals surface area contributed by atoms with Gasteiger partial charge in [0.2, 0.25) is 11.8 Å². The second-order valence-corrected chi connectivity index (χ2v) is 5.72. The highest BCUT2D eigenvalue weighted by Gasteiger charge is 2.35. The van der Waals surface area contributed by atoms with Crippen molar-refractivity contribution in [3.63, 3.8) is 0 Å². The zero-order chi connectivity index (χ0) is 13.8. The predicted octanol–water partition coefficient (Wildman–Crippen LogP) is 2.12. The van der Waals surface area contributed by atoms with Crippen LogP contribution in [-0.4, -0.2) is 34.3 Å². The van der Waals surface area contributed by atoms with Crippen molar-refractivity contribution in [2.24, 2.45) is 5.92 Å². The van der Waals surface area contributed by atoms with Gasteiger partial charge in [-0.2, -0.15) is 0 Å². The van der Waals surface area contributed by atoms with Crippen LogP contribution in [0.1, 0.15) is 33.1 Å². The number of anilines is 1. The number of carbonyl (C=O) groups is 2. The van der Waals surface area contributed by atoms with Crippen molar-refractivity contribution in [2.45, 2.75) is 39.2 Å². The summed E-state index contributed by atoms with van der Waals surface area (Å²) in [5, 5.41) is 5.18. The van der Waals surface area contributed by atoms with E-state index in [2.05, 4.69) is 10.3 Å². The van der Waals surface area contributed by atoms with Gasteiger partial charge in [0.05, 0.1) is 0 Å². The van der Waals surface area contributed by atoms with Crippen LogP contribution in [0.2, 0.25) is 0 Å². The van der Waals surface area contributed by atoms with Crippen LogP contribution in [0.3, 0.4) is 0 Å². The summed E-state index contributed by atoms with van der Waals surface area (Å²) in [6.45, 7) is 4.58. The number of nitrogens with one attached hydrogen (secondary N) is 1. The van der Waals surface area contributed by atoms with Crippen molar-refractivity contribution in [1.29, 1.82) is 0 Å². The van der Waals surface area contributed by atoms with E-state index in [1.807, 2.05) is 19.2 Å². The average Bonchev–Trinajstić information content (AvgIpc) is 3.07. The molecule has 0 radical (unpaired) electrons. The molecular weight excluding hydrogens is 262 g/mol. The quantitative estimate of drug-likeness (QED) is 0.919. The van der Waals surface area contributed by atoms with Gasteiger partial charge in [-0.3, -0.25) is 9.59 Å². The van der Waals surface area contributed by atoms with Crippen molar-refractivity contribution in [1.82, 2.24) is 9.88 Å². The van der Waals surface area contributed by atoms with E-state index >= 15 is 0 Å². The normalized spacial score (nSPS) is 20.3. The van der Waals surface area contributed by atoms with E-state index in [0.717, 1.165) is 19.3 Å². The number of nitrogens with zero attached hydrogens (tertiary/aromatic N) is 2. The monoisotopic (exact) mass is 281 g/mol. The van der Waals surface area contributed by atoms with Gasteiger partial charge in [0.1, 0.15) is 6.04 Å². The minimum absolute atomic E-state index is 0.0201. The second-order valence-electron chi connectivity index (χ2n) is 4.83. The lowest BCUT2D eigenvalue weighted by atomic mass is 10.1. The minimum atomic E-state index is -0.342. The fraction of sp³-hybridized carbons (Fsp3) is 0.615. The summed E-state index contributed by atoms with van der Waals surface area (Å²) in [6, 6.07) is -0.342. The highest BCUT2D eigenvalue weighted by molar-refractivity contribution is 7.13. The standard InChI is InChI=1S/C13H19N3O2S/c1-3-9(2)12(18)16-7-4-5-10(16)11(17)15-13-14-6-8-19-13/h6,8-10H,3-5,7H2,1-2H3,(H,14,15,17). The smallest absolute Gasteiger partial charge is 0.248 e. The van der Waals surface area contributed by atoms with Gasteiger partial charge in [-0.05, 0) is 19.3 Å². The molecule has 1 fully saturated rings. The molecule has 1 aromatic rings. The molecule has 104 valence electrons. The van der Waals surface area contributed by atoms with Gasteiger partial charge in [0.15, 0.2) is 5.13 Å². The summed E-state index contributed by atoms with van der Waals surface area (Å²) in [5.74, 6) is -0.0587. The van der Waals surface area contributed by atoms with E-state index in [1.165, 1.54) is 11.3 Å². The maximum absolute atomic E-state index is 12.2. The largest absolute Gasteiger partial charge is 0.330 e. The van der Waals surface area contributed by atoms with Gasteiger partial charge in [-0.25, -0.2) is 4.98 Å². The molecular formula is C13H19N3O2S. The number of hydrogen-bond donors (Lipinski definition) is 1. The number of amides is 2. The molecule has 2 unspecified atom stereocenters. The van der Waals surface area contributed by atoms with Gasteiger partial charge in [-0.15, -0.1) is 11.3 Å². The Hall–Kier alpha value is -1.43. The van der Waals surface area contributed by atoms with E-state index in [4.69, 9.17) is 0 Å². The Morgan fingerprint density at radius 2 is 2.42 bits per heavy atom. The van der Waals surface area contributed by atoms with Crippen LogP contribution in [0.5, 0.6) is 0 Å². The molecule has 2 rings (SSSR count). The van der Waals surface area contributed by atoms with Crippen molar-refractivity contribution >= 4 is 28.3 Å². The summed E-state index contributed by atoms with van der Waals surface area (Å²) in [5.41, 5.74) is 0. The van der Waals surface area contributed by atoms with E-state index in [9.17, 15) is 9.59 Å². The first-order valence-electron chi connectivity index (χ1n) is 6.64. The average molecular weight is 281 g/mol. The lowest BCUT2D eigenvalue weighted by molar-refractivity contribution is -0.139. The lowest BCUT2D eigenvalue weighted by Gasteiger charge is -2.26. The molecule has 1 aliphatic rings. The summed E-state index contributed by atoms with van der Waals surface area (Å²) in [4.78, 5) is 30.2. The van der Waals surface area contributed by atoms with Crippen LogP contribution in [-0.2, 0) is 9.59 Å². The predicted molar refractivity (Wildman–Crippen MR) is 74.9 cm³/mol. The van der Waals surface area contributed by atoms with Crippen LogP contribution >= 0.6 is 11.3 Å². The Bertz CT molecular complexity index is 447. The Balaban J connectivity index is 2.02. The van der Waals surface area contributed by atoms with Crippen molar-refractivity contribution in [3.05, 3.63) is 11.6 Å². The highest BCUT2D eigenvalue weighted by Crippen LogP contribution is 2.22. The molecule has 0 saturated carbocycles. The number of likely N-dealkylation sites (tertiary alicyclic amines) is 1. The zero-order valence-electron chi connectivity index (χ0n) is 11.3. The van der Waals surface area contributed by atoms with Gasteiger partial charge in [0.25, 0.3) is 0 Å². The summed E-state index contributed by atoms with van der Waals surface area (Å²) < 4.78 is 0. The van der Waals surface area contributed by atoms with Crippen molar-refractivity contribution in [3.8, 4) is 0 Å². The van der Waals surface area contributed by atoms with E-state index < -0.39 is 0 Å². The third-order valence-corrected chi connectivity index (χ3v) is 4.22. The molecule has 1 saturated heterocycles. The Morgan fingerprint density at radius 3 is 3.05 bits per heavy atom. The SMILES string of the molecule is CCC(C)C(=O)N1CCCC1C(=O)Nc1nccs1. The third-order valence-electron chi connectivity index (χ3n) is 3.53. The fourth-order valence-corrected chi connectivity index (χ4v) is 2.77. The molecule has 0 bridgehead atoms. The number of aromatic nitrogens is 1. The minimum Gasteiger partial charge on any atom is -0.330 e. The maximum atomic E-state index is 12.2. The Kier molecular flexibility index (Phi) is 4.52. The van der Waals surface area contributed by atoms with Crippen LogP contribution in [0.4, 0.5) is 5.13 Å². The molecule has 5 nitrogen and oxygen atoms in total. The first-order chi connectivity index (χ1) is 9.13. The maximum Gasteiger partial charge on any atom is 0.248 e. The Labute approximate surface area is 117 Å². The van der Waals surface area contributed by atoms with E-state index in [0.29, 0.717) is 11.7 Å². The summed E-state index contributed by atoms with van der Waals surface area (Å²) >= 11 is 1.38. The summed E-state index contributed by atoms with van der Waals surface area (Å²) in [7, 11) is 0. The van der Waals surface area contributed by atoms with Crippen LogP contribution in [0.25, 0.3) is 0 Å². The molecule has 6 heteroatoms. The van der Waals surface area contributed by atoms with Gasteiger partial charge in [-0.1, -0.05) is 13.8 Å². The first-order valence-corrected chi connectivity index (χ1v) is 7.52. The second kappa shape index (κ2) is 6.14. The third kappa shape index (κ3) is 3.12. The highest BCUT2D eigenvalue weighted by atomic mass is 32.1. The van der Waals surface area contributed by atoms with Gasteiger partial charge >= 0.3 is 0 Å². The summed E-state index contributed by atoms with van der Waals surface area (Å²) in [6.07, 6.45) is 4.07. The lowest BCUT2D eigenvalue weighted by Crippen LogP contribution is -2.45. The molecule has 0 spiro atoms. The van der Waals surface area contributed by atoms with E-state index in [-0.39, 0.29) is 23.8 Å². The van der Waals surface area contributed by atoms with Crippen molar-refractivity contribution in [2.75, 3.05) is 11.9 Å². The molecule has 1 N–H and O–H groups in total. The number of thiazole rings is 1. The molecule has 2 atom stereocenters. The number of hydrogen-bond acceptors (Lipinski definition) is 4. The topological polar surface area (TPSA) is 62.3 Å². The molecule has 0 aliphatic carbocycles. The van der Waals surface area contributed by atoms with Crippen LogP contribution in [0.15, 0.2) is 11.6 Å². The molecule has 1 aliphatic heterocycles. The molecule has 0 aromatic carbocycles.